The van der Waals surface area contributed by atoms with Crippen LogP contribution in [0.25, 0.3) is 0 Å². The Balaban J connectivity index is 1.68. The van der Waals surface area contributed by atoms with Gasteiger partial charge in [-0.25, -0.2) is 0 Å². The molecule has 0 unspecified atom stereocenters. The normalized spacial score (nSPS) is 11.4. The van der Waals surface area contributed by atoms with Gasteiger partial charge in [-0.05, 0) is 56.4 Å². The highest BCUT2D eigenvalue weighted by molar-refractivity contribution is 5.79. The van der Waals surface area contributed by atoms with Crippen LogP contribution in [0.4, 0.5) is 0 Å². The molecule has 0 aliphatic carbocycles. The minimum atomic E-state index is 0.0678. The highest BCUT2D eigenvalue weighted by atomic mass is 16.5. The second-order valence-corrected chi connectivity index (χ2v) is 6.84. The van der Waals surface area contributed by atoms with Crippen molar-refractivity contribution in [2.24, 2.45) is 4.99 Å². The first kappa shape index (κ1) is 21.5. The number of unbranched alkanes of at least 4 members (excludes halogenated alkanes) is 1. The Hall–Kier alpha value is -2.76. The van der Waals surface area contributed by atoms with E-state index >= 15 is 0 Å². The van der Waals surface area contributed by atoms with E-state index in [4.69, 9.17) is 4.74 Å². The Kier molecular flexibility index (Phi) is 8.59. The Morgan fingerprint density at radius 1 is 1.11 bits per heavy atom. The van der Waals surface area contributed by atoms with E-state index in [2.05, 4.69) is 33.8 Å². The molecule has 2 N–H and O–H groups in total. The molecule has 0 saturated carbocycles. The number of hydrogen-bond acceptors (Lipinski definition) is 3. The summed E-state index contributed by atoms with van der Waals surface area (Å²) in [6.45, 7) is 6.37. The van der Waals surface area contributed by atoms with Gasteiger partial charge in [0.1, 0.15) is 5.75 Å². The topological polar surface area (TPSA) is 67.7 Å². The molecular weight excluding hydrogens is 352 g/mol. The largest absolute Gasteiger partial charge is 0.496 e. The lowest BCUT2D eigenvalue weighted by Gasteiger charge is -2.13. The van der Waals surface area contributed by atoms with E-state index in [1.165, 1.54) is 5.56 Å². The number of hydrogen-bond donors (Lipinski definition) is 2. The standard InChI is InChI=1S/C22H32N4O2/c1-17-10-11-19(16-20(17)28-4)12-14-25-22(23-3)24-13-5-6-15-26-18(2)8-7-9-21(26)27/h7-11,16H,5-6,12-15H2,1-4H3,(H2,23,24,25). The molecule has 2 rings (SSSR count). The lowest BCUT2D eigenvalue weighted by Crippen LogP contribution is -2.38. The predicted molar refractivity (Wildman–Crippen MR) is 115 cm³/mol. The van der Waals surface area contributed by atoms with Gasteiger partial charge in [0.15, 0.2) is 5.96 Å². The number of nitrogens with zero attached hydrogens (tertiary/aromatic N) is 2. The zero-order valence-corrected chi connectivity index (χ0v) is 17.4. The van der Waals surface area contributed by atoms with Gasteiger partial charge in [0.25, 0.3) is 5.56 Å². The third kappa shape index (κ3) is 6.44. The van der Waals surface area contributed by atoms with E-state index in [1.54, 1.807) is 26.3 Å². The predicted octanol–water partition coefficient (Wildman–Crippen LogP) is 2.66. The molecule has 1 heterocycles. The van der Waals surface area contributed by atoms with Crippen molar-refractivity contribution in [1.82, 2.24) is 15.2 Å². The quantitative estimate of drug-likeness (QED) is 0.396. The Bertz CT molecular complexity index is 843. The second-order valence-electron chi connectivity index (χ2n) is 6.84. The van der Waals surface area contributed by atoms with E-state index < -0.39 is 0 Å². The van der Waals surface area contributed by atoms with Crippen LogP contribution >= 0.6 is 0 Å². The van der Waals surface area contributed by atoms with Crippen molar-refractivity contribution >= 4 is 5.96 Å². The first-order chi connectivity index (χ1) is 13.5. The number of nitrogens with one attached hydrogen (secondary N) is 2. The van der Waals surface area contributed by atoms with Crippen LogP contribution in [0, 0.1) is 13.8 Å². The number of rotatable bonds is 9. The Morgan fingerprint density at radius 3 is 2.61 bits per heavy atom. The van der Waals surface area contributed by atoms with E-state index in [9.17, 15) is 4.79 Å². The summed E-state index contributed by atoms with van der Waals surface area (Å²) in [7, 11) is 3.47. The Morgan fingerprint density at radius 2 is 1.89 bits per heavy atom. The van der Waals surface area contributed by atoms with Crippen LogP contribution in [-0.2, 0) is 13.0 Å². The fraction of sp³-hybridized carbons (Fsp3) is 0.455. The maximum atomic E-state index is 11.9. The third-order valence-corrected chi connectivity index (χ3v) is 4.77. The molecule has 1 aromatic carbocycles. The van der Waals surface area contributed by atoms with Crippen LogP contribution in [-0.4, -0.2) is 37.8 Å². The van der Waals surface area contributed by atoms with Crippen LogP contribution in [0.15, 0.2) is 46.2 Å². The molecule has 1 aromatic heterocycles. The number of ether oxygens (including phenoxy) is 1. The van der Waals surface area contributed by atoms with Crippen molar-refractivity contribution in [2.75, 3.05) is 27.2 Å². The van der Waals surface area contributed by atoms with Gasteiger partial charge in [0, 0.05) is 38.4 Å². The van der Waals surface area contributed by atoms with Crippen molar-refractivity contribution in [3.63, 3.8) is 0 Å². The summed E-state index contributed by atoms with van der Waals surface area (Å²) in [5, 5.41) is 6.67. The number of pyridine rings is 1. The summed E-state index contributed by atoms with van der Waals surface area (Å²) in [6, 6.07) is 11.7. The zero-order valence-electron chi connectivity index (χ0n) is 17.4. The number of guanidine groups is 1. The van der Waals surface area contributed by atoms with Gasteiger partial charge >= 0.3 is 0 Å². The fourth-order valence-corrected chi connectivity index (χ4v) is 3.08. The second kappa shape index (κ2) is 11.2. The highest BCUT2D eigenvalue weighted by Crippen LogP contribution is 2.18. The number of aryl methyl sites for hydroxylation is 2. The van der Waals surface area contributed by atoms with Crippen LogP contribution in [0.5, 0.6) is 5.75 Å². The van der Waals surface area contributed by atoms with Crippen LogP contribution in [0.2, 0.25) is 0 Å². The van der Waals surface area contributed by atoms with E-state index in [0.29, 0.717) is 0 Å². The molecule has 0 aliphatic heterocycles. The fourth-order valence-electron chi connectivity index (χ4n) is 3.08. The number of methoxy groups -OCH3 is 1. The molecule has 0 fully saturated rings. The minimum absolute atomic E-state index is 0.0678. The number of benzene rings is 1. The van der Waals surface area contributed by atoms with Crippen molar-refractivity contribution in [2.45, 2.75) is 39.7 Å². The first-order valence-corrected chi connectivity index (χ1v) is 9.79. The summed E-state index contributed by atoms with van der Waals surface area (Å²) in [5.74, 6) is 1.72. The molecule has 0 amide bonds. The monoisotopic (exact) mass is 384 g/mol. The molecular formula is C22H32N4O2. The van der Waals surface area contributed by atoms with Gasteiger partial charge in [-0.2, -0.15) is 0 Å². The van der Waals surface area contributed by atoms with Gasteiger partial charge in [-0.1, -0.05) is 18.2 Å². The van der Waals surface area contributed by atoms with Gasteiger partial charge < -0.3 is 19.9 Å². The average Bonchev–Trinajstić information content (AvgIpc) is 2.69. The summed E-state index contributed by atoms with van der Waals surface area (Å²) in [4.78, 5) is 16.1. The SMILES string of the molecule is CN=C(NCCCCn1c(C)cccc1=O)NCCc1ccc(C)c(OC)c1. The molecule has 0 spiro atoms. The van der Waals surface area contributed by atoms with Crippen molar-refractivity contribution in [3.05, 3.63) is 63.6 Å². The molecule has 6 heteroatoms. The smallest absolute Gasteiger partial charge is 0.250 e. The van der Waals surface area contributed by atoms with Crippen LogP contribution in [0.1, 0.15) is 29.7 Å². The summed E-state index contributed by atoms with van der Waals surface area (Å²) < 4.78 is 7.20. The number of aliphatic imine (C=N–C) groups is 1. The van der Waals surface area contributed by atoms with Gasteiger partial charge in [0.2, 0.25) is 0 Å². The molecule has 2 aromatic rings. The van der Waals surface area contributed by atoms with Gasteiger partial charge in [-0.15, -0.1) is 0 Å². The Labute approximate surface area is 167 Å². The zero-order chi connectivity index (χ0) is 20.4. The van der Waals surface area contributed by atoms with E-state index in [1.807, 2.05) is 24.5 Å². The van der Waals surface area contributed by atoms with E-state index in [-0.39, 0.29) is 5.56 Å². The van der Waals surface area contributed by atoms with Crippen LogP contribution in [0.3, 0.4) is 0 Å². The molecule has 28 heavy (non-hydrogen) atoms. The maximum absolute atomic E-state index is 11.9. The number of aromatic nitrogens is 1. The van der Waals surface area contributed by atoms with Gasteiger partial charge in [-0.3, -0.25) is 9.79 Å². The summed E-state index contributed by atoms with van der Waals surface area (Å²) in [5.41, 5.74) is 3.45. The first-order valence-electron chi connectivity index (χ1n) is 9.79. The molecule has 0 saturated heterocycles. The molecule has 0 aliphatic rings. The summed E-state index contributed by atoms with van der Waals surface area (Å²) >= 11 is 0. The lowest BCUT2D eigenvalue weighted by molar-refractivity contribution is 0.411. The lowest BCUT2D eigenvalue weighted by atomic mass is 10.1. The maximum Gasteiger partial charge on any atom is 0.250 e. The van der Waals surface area contributed by atoms with Crippen LogP contribution < -0.4 is 20.9 Å². The molecule has 6 nitrogen and oxygen atoms in total. The van der Waals surface area contributed by atoms with Crippen molar-refractivity contribution in [3.8, 4) is 5.75 Å². The van der Waals surface area contributed by atoms with Gasteiger partial charge in [0.05, 0.1) is 7.11 Å². The summed E-state index contributed by atoms with van der Waals surface area (Å²) in [6.07, 6.45) is 2.81. The highest BCUT2D eigenvalue weighted by Gasteiger charge is 2.02. The van der Waals surface area contributed by atoms with Crippen molar-refractivity contribution in [1.29, 1.82) is 0 Å². The average molecular weight is 385 g/mol. The molecule has 0 bridgehead atoms. The molecule has 152 valence electrons. The third-order valence-electron chi connectivity index (χ3n) is 4.77. The molecule has 0 atom stereocenters. The minimum Gasteiger partial charge on any atom is -0.496 e. The molecule has 0 radical (unpaired) electrons. The van der Waals surface area contributed by atoms with Crippen molar-refractivity contribution < 1.29 is 4.74 Å². The van der Waals surface area contributed by atoms with E-state index in [0.717, 1.165) is 61.9 Å².